The van der Waals surface area contributed by atoms with Crippen LogP contribution in [-0.4, -0.2) is 23.8 Å². The number of benzene rings is 3. The van der Waals surface area contributed by atoms with Gasteiger partial charge in [0.2, 0.25) is 0 Å². The summed E-state index contributed by atoms with van der Waals surface area (Å²) in [5, 5.41) is 14.9. The van der Waals surface area contributed by atoms with Gasteiger partial charge in [-0.2, -0.15) is 26.3 Å². The van der Waals surface area contributed by atoms with E-state index in [0.717, 1.165) is 18.2 Å². The van der Waals surface area contributed by atoms with Gasteiger partial charge in [0, 0.05) is 6.42 Å². The number of alkyl halides is 6. The second-order valence-electron chi connectivity index (χ2n) is 10.4. The van der Waals surface area contributed by atoms with Crippen LogP contribution in [0.4, 0.5) is 35.5 Å². The lowest BCUT2D eigenvalue weighted by molar-refractivity contribution is -0.138. The van der Waals surface area contributed by atoms with Crippen molar-refractivity contribution < 1.29 is 40.6 Å². The summed E-state index contributed by atoms with van der Waals surface area (Å²) in [5.74, 6) is -1.24. The number of aliphatic hydroxyl groups is 1. The maximum Gasteiger partial charge on any atom is 0.416 e. The molecule has 2 amide bonds. The van der Waals surface area contributed by atoms with Crippen molar-refractivity contribution >= 4 is 6.03 Å². The van der Waals surface area contributed by atoms with E-state index in [9.17, 15) is 40.6 Å². The molecule has 222 valence electrons. The van der Waals surface area contributed by atoms with Crippen LogP contribution in [0.15, 0.2) is 66.7 Å². The van der Waals surface area contributed by atoms with Gasteiger partial charge in [0.25, 0.3) is 0 Å². The zero-order valence-corrected chi connectivity index (χ0v) is 22.6. The molecule has 0 fully saturated rings. The second-order valence-corrected chi connectivity index (χ2v) is 10.4. The minimum Gasteiger partial charge on any atom is -0.394 e. The number of rotatable bonds is 9. The Hall–Kier alpha value is -3.60. The van der Waals surface area contributed by atoms with E-state index in [4.69, 9.17) is 0 Å². The molecule has 3 rings (SSSR count). The van der Waals surface area contributed by atoms with Gasteiger partial charge in [-0.1, -0.05) is 56.3 Å². The van der Waals surface area contributed by atoms with Crippen LogP contribution in [0.5, 0.6) is 0 Å². The molecule has 0 aliphatic rings. The third-order valence-electron chi connectivity index (χ3n) is 6.70. The van der Waals surface area contributed by atoms with Gasteiger partial charge in [0.1, 0.15) is 5.82 Å². The monoisotopic (exact) mass is 584 g/mol. The normalized spacial score (nSPS) is 14.4. The summed E-state index contributed by atoms with van der Waals surface area (Å²) in [6.45, 7) is 4.46. The van der Waals surface area contributed by atoms with Gasteiger partial charge in [-0.25, -0.2) is 9.18 Å². The first-order valence-corrected chi connectivity index (χ1v) is 12.8. The maximum absolute atomic E-state index is 14.8. The smallest absolute Gasteiger partial charge is 0.394 e. The Morgan fingerprint density at radius 3 is 2.05 bits per heavy atom. The van der Waals surface area contributed by atoms with Gasteiger partial charge in [0.05, 0.1) is 29.3 Å². The summed E-state index contributed by atoms with van der Waals surface area (Å²) in [6.07, 6.45) is -9.78. The summed E-state index contributed by atoms with van der Waals surface area (Å²) < 4.78 is 98.2. The molecule has 3 aromatic rings. The fraction of sp³-hybridized carbons (Fsp3) is 0.367. The molecule has 0 saturated carbocycles. The Bertz CT molecular complexity index is 1340. The van der Waals surface area contributed by atoms with E-state index in [1.807, 2.05) is 13.8 Å². The molecule has 1 unspecified atom stereocenters. The number of carbonyl (C=O) groups is 1. The topological polar surface area (TPSA) is 61.4 Å². The molecular formula is C30H31F7N2O2. The highest BCUT2D eigenvalue weighted by molar-refractivity contribution is 5.76. The van der Waals surface area contributed by atoms with Crippen LogP contribution in [0.2, 0.25) is 0 Å². The number of hydrogen-bond acceptors (Lipinski definition) is 2. The van der Waals surface area contributed by atoms with Gasteiger partial charge in [0.15, 0.2) is 0 Å². The van der Waals surface area contributed by atoms with E-state index in [2.05, 4.69) is 10.6 Å². The number of hydrogen-bond donors (Lipinski definition) is 3. The quantitative estimate of drug-likeness (QED) is 0.230. The van der Waals surface area contributed by atoms with E-state index in [0.29, 0.717) is 18.1 Å². The second kappa shape index (κ2) is 12.5. The number of carbonyl (C=O) groups excluding carboxylic acids is 1. The summed E-state index contributed by atoms with van der Waals surface area (Å²) in [6, 6.07) is 11.2. The fourth-order valence-electron chi connectivity index (χ4n) is 4.82. The van der Waals surface area contributed by atoms with Gasteiger partial charge >= 0.3 is 18.4 Å². The molecule has 0 spiro atoms. The molecule has 3 N–H and O–H groups in total. The lowest BCUT2D eigenvalue weighted by Gasteiger charge is -2.38. The Morgan fingerprint density at radius 1 is 0.854 bits per heavy atom. The third kappa shape index (κ3) is 8.00. The average molecular weight is 585 g/mol. The highest BCUT2D eigenvalue weighted by Crippen LogP contribution is 2.41. The lowest BCUT2D eigenvalue weighted by Crippen LogP contribution is -2.54. The molecule has 3 aromatic carbocycles. The van der Waals surface area contributed by atoms with Crippen LogP contribution >= 0.6 is 0 Å². The number of aryl methyl sites for hydroxylation is 1. The average Bonchev–Trinajstić information content (AvgIpc) is 2.87. The highest BCUT2D eigenvalue weighted by atomic mass is 19.4. The Kier molecular flexibility index (Phi) is 9.73. The third-order valence-corrected chi connectivity index (χ3v) is 6.70. The van der Waals surface area contributed by atoms with E-state index in [1.54, 1.807) is 30.3 Å². The van der Waals surface area contributed by atoms with Crippen molar-refractivity contribution in [3.63, 3.8) is 0 Å². The SMILES string of the molecule is Cc1ccc([C@@](Cc2ccccc2)(NC(=O)NC(CO)CC(C)C)c2cc(F)cc(C(F)(F)F)c2)cc1C(F)(F)F. The Balaban J connectivity index is 2.34. The molecular weight excluding hydrogens is 553 g/mol. The highest BCUT2D eigenvalue weighted by Gasteiger charge is 2.42. The number of nitrogens with one attached hydrogen (secondary N) is 2. The fourth-order valence-corrected chi connectivity index (χ4v) is 4.82. The van der Waals surface area contributed by atoms with Crippen molar-refractivity contribution in [1.82, 2.24) is 10.6 Å². The van der Waals surface area contributed by atoms with Gasteiger partial charge in [-0.15, -0.1) is 0 Å². The summed E-state index contributed by atoms with van der Waals surface area (Å²) in [7, 11) is 0. The molecule has 0 heterocycles. The van der Waals surface area contributed by atoms with Crippen molar-refractivity contribution in [2.45, 2.75) is 57.5 Å². The molecule has 0 aromatic heterocycles. The Labute approximate surface area is 233 Å². The van der Waals surface area contributed by atoms with Crippen molar-refractivity contribution in [3.05, 3.63) is 106 Å². The zero-order valence-electron chi connectivity index (χ0n) is 22.6. The summed E-state index contributed by atoms with van der Waals surface area (Å²) in [5.41, 5.74) is -4.85. The van der Waals surface area contributed by atoms with E-state index >= 15 is 0 Å². The van der Waals surface area contributed by atoms with Crippen LogP contribution in [0.25, 0.3) is 0 Å². The van der Waals surface area contributed by atoms with Crippen molar-refractivity contribution in [2.24, 2.45) is 5.92 Å². The molecule has 11 heteroatoms. The molecule has 0 bridgehead atoms. The van der Waals surface area contributed by atoms with Gasteiger partial charge in [-0.05, 0) is 65.8 Å². The minimum absolute atomic E-state index is 0.0468. The number of amides is 2. The maximum atomic E-state index is 14.8. The van der Waals surface area contributed by atoms with Crippen LogP contribution in [0.3, 0.4) is 0 Å². The number of urea groups is 1. The molecule has 0 saturated heterocycles. The van der Waals surface area contributed by atoms with E-state index < -0.39 is 59.1 Å². The lowest BCUT2D eigenvalue weighted by atomic mass is 9.76. The van der Waals surface area contributed by atoms with Crippen LogP contribution in [0.1, 0.15) is 53.6 Å². The number of aliphatic hydroxyl groups excluding tert-OH is 1. The number of halogens is 7. The molecule has 0 radical (unpaired) electrons. The van der Waals surface area contributed by atoms with Crippen molar-refractivity contribution in [1.29, 1.82) is 0 Å². The van der Waals surface area contributed by atoms with Crippen LogP contribution in [-0.2, 0) is 24.3 Å². The van der Waals surface area contributed by atoms with Crippen LogP contribution < -0.4 is 10.6 Å². The molecule has 41 heavy (non-hydrogen) atoms. The van der Waals surface area contributed by atoms with Gasteiger partial charge < -0.3 is 15.7 Å². The van der Waals surface area contributed by atoms with E-state index in [1.165, 1.54) is 13.0 Å². The predicted octanol–water partition coefficient (Wildman–Crippen LogP) is 7.36. The van der Waals surface area contributed by atoms with Crippen molar-refractivity contribution in [3.8, 4) is 0 Å². The summed E-state index contributed by atoms with van der Waals surface area (Å²) >= 11 is 0. The van der Waals surface area contributed by atoms with Crippen molar-refractivity contribution in [2.75, 3.05) is 6.61 Å². The molecule has 4 nitrogen and oxygen atoms in total. The largest absolute Gasteiger partial charge is 0.416 e. The minimum atomic E-state index is -4.98. The molecule has 0 aliphatic carbocycles. The first kappa shape index (κ1) is 31.9. The van der Waals surface area contributed by atoms with Gasteiger partial charge in [-0.3, -0.25) is 0 Å². The Morgan fingerprint density at radius 2 is 1.49 bits per heavy atom. The zero-order chi connectivity index (χ0) is 30.6. The molecule has 0 aliphatic heterocycles. The predicted molar refractivity (Wildman–Crippen MR) is 141 cm³/mol. The summed E-state index contributed by atoms with van der Waals surface area (Å²) in [4.78, 5) is 13.4. The van der Waals surface area contributed by atoms with E-state index in [-0.39, 0.29) is 29.5 Å². The standard InChI is InChI=1S/C30H31F7N2O2/c1-18(2)11-25(17-40)38-27(41)39-28(16-20-7-5-4-6-8-20,21-10-9-19(3)26(15-21)30(35,36)37)22-12-23(29(32,33)34)14-24(31)13-22/h4-10,12-15,18,25,40H,11,16-17H2,1-3H3,(H2,38,39,41)/t25?,28-/m1/s1. The first-order valence-electron chi connectivity index (χ1n) is 12.8. The van der Waals surface area contributed by atoms with Crippen LogP contribution in [0, 0.1) is 18.7 Å². The molecule has 2 atom stereocenters. The first-order chi connectivity index (χ1) is 19.0.